The molecule has 2 amide bonds. The third kappa shape index (κ3) is 6.67. The van der Waals surface area contributed by atoms with Gasteiger partial charge in [-0.2, -0.15) is 0 Å². The fraction of sp³-hybridized carbons (Fsp3) is 0.355. The van der Waals surface area contributed by atoms with Crippen molar-refractivity contribution in [3.05, 3.63) is 96.2 Å². The molecule has 7 heteroatoms. The van der Waals surface area contributed by atoms with E-state index >= 15 is 0 Å². The Bertz CT molecular complexity index is 1260. The molecule has 2 aliphatic heterocycles. The molecule has 3 aromatic rings. The van der Waals surface area contributed by atoms with E-state index in [0.717, 1.165) is 28.3 Å². The van der Waals surface area contributed by atoms with E-state index < -0.39 is 6.10 Å². The van der Waals surface area contributed by atoms with E-state index in [1.807, 2.05) is 54.6 Å². The average Bonchev–Trinajstić information content (AvgIpc) is 2.95. The first-order chi connectivity index (χ1) is 18.7. The molecule has 5 rings (SSSR count). The first-order valence-corrected chi connectivity index (χ1v) is 13.3. The van der Waals surface area contributed by atoms with E-state index in [0.29, 0.717) is 39.4 Å². The molecule has 0 saturated carbocycles. The molecule has 38 heavy (non-hydrogen) atoms. The zero-order valence-corrected chi connectivity index (χ0v) is 21.5. The number of piperidine rings is 1. The van der Waals surface area contributed by atoms with Crippen LogP contribution in [0.25, 0.3) is 10.8 Å². The van der Waals surface area contributed by atoms with Gasteiger partial charge in [0.05, 0.1) is 31.8 Å². The number of carbonyl (C=O) groups excluding carboxylic acids is 2. The topological polar surface area (TPSA) is 77.1 Å². The van der Waals surface area contributed by atoms with Crippen LogP contribution in [0.15, 0.2) is 85.1 Å². The summed E-state index contributed by atoms with van der Waals surface area (Å²) in [6.07, 6.45) is 4.29. The number of amides is 2. The number of carbonyl (C=O) groups is 2. The lowest BCUT2D eigenvalue weighted by Crippen LogP contribution is -2.57. The van der Waals surface area contributed by atoms with Crippen LogP contribution in [-0.2, 0) is 37.0 Å². The van der Waals surface area contributed by atoms with Crippen LogP contribution in [0.1, 0.15) is 30.4 Å². The second kappa shape index (κ2) is 12.8. The monoisotopic (exact) mass is 514 g/mol. The highest BCUT2D eigenvalue weighted by Crippen LogP contribution is 2.24. The molecule has 0 aromatic heterocycles. The molecule has 2 heterocycles. The van der Waals surface area contributed by atoms with Crippen LogP contribution in [0.3, 0.4) is 0 Å². The molecular weight excluding hydrogens is 480 g/mol. The fourth-order valence-electron chi connectivity index (χ4n) is 4.94. The van der Waals surface area contributed by atoms with Gasteiger partial charge in [-0.25, -0.2) is 0 Å². The third-order valence-corrected chi connectivity index (χ3v) is 6.95. The zero-order chi connectivity index (χ0) is 26.2. The van der Waals surface area contributed by atoms with Gasteiger partial charge in [-0.3, -0.25) is 9.59 Å². The molecule has 1 N–H and O–H groups in total. The van der Waals surface area contributed by atoms with Crippen LogP contribution in [-0.4, -0.2) is 54.7 Å². The molecule has 1 saturated heterocycles. The van der Waals surface area contributed by atoms with Gasteiger partial charge < -0.3 is 24.4 Å². The number of hydrogen-bond donors (Lipinski definition) is 1. The first kappa shape index (κ1) is 26.1. The van der Waals surface area contributed by atoms with E-state index in [1.54, 1.807) is 11.1 Å². The van der Waals surface area contributed by atoms with E-state index in [1.165, 1.54) is 0 Å². The van der Waals surface area contributed by atoms with Crippen molar-refractivity contribution in [2.45, 2.75) is 50.7 Å². The lowest BCUT2D eigenvalue weighted by Gasteiger charge is -2.39. The van der Waals surface area contributed by atoms with Crippen LogP contribution < -0.4 is 5.32 Å². The molecule has 3 atom stereocenters. The van der Waals surface area contributed by atoms with Crippen molar-refractivity contribution >= 4 is 22.6 Å². The second-order valence-electron chi connectivity index (χ2n) is 9.71. The molecule has 0 radical (unpaired) electrons. The molecule has 3 aromatic carbocycles. The summed E-state index contributed by atoms with van der Waals surface area (Å²) < 4.78 is 17.7. The van der Waals surface area contributed by atoms with Gasteiger partial charge in [0.2, 0.25) is 5.91 Å². The fourth-order valence-corrected chi connectivity index (χ4v) is 4.94. The molecule has 3 unspecified atom stereocenters. The minimum absolute atomic E-state index is 0.0585. The van der Waals surface area contributed by atoms with Crippen LogP contribution in [0, 0.1) is 0 Å². The summed E-state index contributed by atoms with van der Waals surface area (Å²) in [6, 6.07) is 24.0. The molecule has 0 spiro atoms. The summed E-state index contributed by atoms with van der Waals surface area (Å²) in [7, 11) is 0. The molecule has 7 nitrogen and oxygen atoms in total. The van der Waals surface area contributed by atoms with Gasteiger partial charge in [-0.05, 0) is 46.9 Å². The Morgan fingerprint density at radius 3 is 2.50 bits per heavy atom. The van der Waals surface area contributed by atoms with Gasteiger partial charge in [0, 0.05) is 26.0 Å². The Labute approximate surface area is 223 Å². The number of hydrogen-bond acceptors (Lipinski definition) is 5. The maximum Gasteiger partial charge on any atom is 0.251 e. The van der Waals surface area contributed by atoms with Crippen LogP contribution in [0.2, 0.25) is 0 Å². The summed E-state index contributed by atoms with van der Waals surface area (Å²) in [5, 5.41) is 5.17. The summed E-state index contributed by atoms with van der Waals surface area (Å²) >= 11 is 0. The average molecular weight is 515 g/mol. The number of rotatable bonds is 11. The molecule has 2 aliphatic rings. The smallest absolute Gasteiger partial charge is 0.251 e. The third-order valence-electron chi connectivity index (χ3n) is 6.95. The minimum Gasteiger partial charge on any atom is -0.377 e. The lowest BCUT2D eigenvalue weighted by atomic mass is 9.98. The standard InChI is InChI=1S/C31H34N2O5/c34-29-20-27(37-18-6-17-36-21-23-7-2-1-3-8-23)14-16-33(29)28-13-15-32-31(35)30(28)38-22-24-11-12-25-9-4-5-10-26(25)19-24/h1-5,7-12,14,16,19,27-28,30H,6,13,15,17-18,20-22H2,(H,32,35). The number of nitrogens with one attached hydrogen (secondary N) is 1. The molecule has 198 valence electrons. The number of ether oxygens (including phenoxy) is 3. The molecule has 1 fully saturated rings. The van der Waals surface area contributed by atoms with Crippen LogP contribution in [0.5, 0.6) is 0 Å². The van der Waals surface area contributed by atoms with Crippen molar-refractivity contribution in [1.82, 2.24) is 10.2 Å². The predicted octanol–water partition coefficient (Wildman–Crippen LogP) is 4.35. The predicted molar refractivity (Wildman–Crippen MR) is 145 cm³/mol. The summed E-state index contributed by atoms with van der Waals surface area (Å²) in [5.74, 6) is -0.242. The van der Waals surface area contributed by atoms with Crippen molar-refractivity contribution < 1.29 is 23.8 Å². The van der Waals surface area contributed by atoms with Crippen LogP contribution >= 0.6 is 0 Å². The first-order valence-electron chi connectivity index (χ1n) is 13.3. The molecule has 0 bridgehead atoms. The lowest BCUT2D eigenvalue weighted by molar-refractivity contribution is -0.148. The van der Waals surface area contributed by atoms with Crippen molar-refractivity contribution in [2.24, 2.45) is 0 Å². The van der Waals surface area contributed by atoms with E-state index in [9.17, 15) is 9.59 Å². The Hall–Kier alpha value is -3.52. The van der Waals surface area contributed by atoms with E-state index in [4.69, 9.17) is 14.2 Å². The van der Waals surface area contributed by atoms with Gasteiger partial charge in [-0.15, -0.1) is 0 Å². The largest absolute Gasteiger partial charge is 0.377 e. The van der Waals surface area contributed by atoms with Crippen molar-refractivity contribution in [2.75, 3.05) is 19.8 Å². The summed E-state index contributed by atoms with van der Waals surface area (Å²) in [5.41, 5.74) is 2.13. The molecular formula is C31H34N2O5. The maximum absolute atomic E-state index is 13.1. The van der Waals surface area contributed by atoms with Gasteiger partial charge in [0.1, 0.15) is 0 Å². The van der Waals surface area contributed by atoms with Gasteiger partial charge in [-0.1, -0.05) is 66.7 Å². The zero-order valence-electron chi connectivity index (χ0n) is 21.5. The Morgan fingerprint density at radius 1 is 0.842 bits per heavy atom. The van der Waals surface area contributed by atoms with E-state index in [-0.39, 0.29) is 30.4 Å². The summed E-state index contributed by atoms with van der Waals surface area (Å²) in [4.78, 5) is 27.4. The number of benzene rings is 3. The van der Waals surface area contributed by atoms with Crippen molar-refractivity contribution in [3.63, 3.8) is 0 Å². The number of fused-ring (bicyclic) bond motifs is 1. The number of nitrogens with zero attached hydrogens (tertiary/aromatic N) is 1. The van der Waals surface area contributed by atoms with Crippen LogP contribution in [0.4, 0.5) is 0 Å². The van der Waals surface area contributed by atoms with E-state index in [2.05, 4.69) is 29.6 Å². The van der Waals surface area contributed by atoms with Crippen molar-refractivity contribution in [1.29, 1.82) is 0 Å². The summed E-state index contributed by atoms with van der Waals surface area (Å²) in [6.45, 7) is 2.50. The highest BCUT2D eigenvalue weighted by molar-refractivity contribution is 5.85. The minimum atomic E-state index is -0.733. The Kier molecular flexibility index (Phi) is 8.81. The highest BCUT2D eigenvalue weighted by atomic mass is 16.5. The Morgan fingerprint density at radius 2 is 1.66 bits per heavy atom. The SMILES string of the molecule is O=C1NCCC(N2C=CC(OCCCOCc3ccccc3)CC2=O)C1OCc1ccc2ccccc2c1. The normalized spacial score (nSPS) is 21.6. The van der Waals surface area contributed by atoms with Gasteiger partial charge in [0.25, 0.3) is 5.91 Å². The van der Waals surface area contributed by atoms with Gasteiger partial charge in [0.15, 0.2) is 6.10 Å². The quantitative estimate of drug-likeness (QED) is 0.385. The second-order valence-corrected chi connectivity index (χ2v) is 9.71. The maximum atomic E-state index is 13.1. The highest BCUT2D eigenvalue weighted by Gasteiger charge is 2.39. The Balaban J connectivity index is 1.11. The van der Waals surface area contributed by atoms with Crippen molar-refractivity contribution in [3.8, 4) is 0 Å². The molecule has 0 aliphatic carbocycles. The van der Waals surface area contributed by atoms with Gasteiger partial charge >= 0.3 is 0 Å².